The van der Waals surface area contributed by atoms with Gasteiger partial charge in [-0.15, -0.1) is 0 Å². The van der Waals surface area contributed by atoms with E-state index in [2.05, 4.69) is 6.07 Å². The van der Waals surface area contributed by atoms with Crippen LogP contribution in [0.3, 0.4) is 0 Å². The second kappa shape index (κ2) is 5.28. The molecule has 0 aromatic heterocycles. The molecule has 1 amide bonds. The minimum absolute atomic E-state index is 0.221. The van der Waals surface area contributed by atoms with Gasteiger partial charge in [-0.25, -0.2) is 0 Å². The SMILES string of the molecule is CC(C)(CC=O)C(N)C(=O)N1CCC[C@H]1C#N. The van der Waals surface area contributed by atoms with E-state index in [0.29, 0.717) is 13.0 Å². The van der Waals surface area contributed by atoms with Crippen molar-refractivity contribution in [2.45, 2.75) is 45.2 Å². The van der Waals surface area contributed by atoms with Crippen LogP contribution in [0, 0.1) is 16.7 Å². The summed E-state index contributed by atoms with van der Waals surface area (Å²) in [6, 6.07) is 1.02. The van der Waals surface area contributed by atoms with E-state index in [1.54, 1.807) is 13.8 Å². The van der Waals surface area contributed by atoms with Crippen LogP contribution in [0.5, 0.6) is 0 Å². The van der Waals surface area contributed by atoms with Crippen molar-refractivity contribution < 1.29 is 9.59 Å². The highest BCUT2D eigenvalue weighted by Crippen LogP contribution is 2.26. The molecule has 5 nitrogen and oxygen atoms in total. The van der Waals surface area contributed by atoms with E-state index in [1.165, 1.54) is 4.90 Å². The summed E-state index contributed by atoms with van der Waals surface area (Å²) in [6.45, 7) is 4.17. The van der Waals surface area contributed by atoms with Gasteiger partial charge in [-0.1, -0.05) is 13.8 Å². The molecule has 0 saturated carbocycles. The highest BCUT2D eigenvalue weighted by Gasteiger charge is 2.38. The predicted molar refractivity (Wildman–Crippen MR) is 62.8 cm³/mol. The topological polar surface area (TPSA) is 87.2 Å². The molecule has 1 unspecified atom stereocenters. The molecule has 1 saturated heterocycles. The summed E-state index contributed by atoms with van der Waals surface area (Å²) in [5.41, 5.74) is 5.35. The molecule has 2 N–H and O–H groups in total. The van der Waals surface area contributed by atoms with Gasteiger partial charge >= 0.3 is 0 Å². The molecule has 1 rings (SSSR count). The number of carbonyl (C=O) groups excluding carboxylic acids is 2. The molecule has 0 bridgehead atoms. The molecule has 1 fully saturated rings. The van der Waals surface area contributed by atoms with Crippen LogP contribution in [0.25, 0.3) is 0 Å². The molecular weight excluding hydrogens is 218 g/mol. The van der Waals surface area contributed by atoms with Gasteiger partial charge in [-0.2, -0.15) is 5.26 Å². The van der Waals surface area contributed by atoms with Crippen molar-refractivity contribution in [2.24, 2.45) is 11.1 Å². The second-order valence-corrected chi connectivity index (χ2v) is 5.16. The van der Waals surface area contributed by atoms with Gasteiger partial charge in [0.2, 0.25) is 5.91 Å². The average molecular weight is 237 g/mol. The van der Waals surface area contributed by atoms with Crippen molar-refractivity contribution in [3.63, 3.8) is 0 Å². The van der Waals surface area contributed by atoms with E-state index >= 15 is 0 Å². The normalized spacial score (nSPS) is 22.0. The number of rotatable bonds is 4. The Bertz CT molecular complexity index is 346. The van der Waals surface area contributed by atoms with Gasteiger partial charge < -0.3 is 15.4 Å². The Morgan fingerprint density at radius 3 is 2.88 bits per heavy atom. The first-order valence-corrected chi connectivity index (χ1v) is 5.83. The number of likely N-dealkylation sites (tertiary alicyclic amines) is 1. The quantitative estimate of drug-likeness (QED) is 0.719. The maximum Gasteiger partial charge on any atom is 0.241 e. The number of nitrogens with zero attached hydrogens (tertiary/aromatic N) is 2. The minimum atomic E-state index is -0.735. The fourth-order valence-electron chi connectivity index (χ4n) is 2.02. The Labute approximate surface area is 102 Å². The fourth-order valence-corrected chi connectivity index (χ4v) is 2.02. The molecule has 94 valence electrons. The number of nitrogens with two attached hydrogens (primary N) is 1. The summed E-state index contributed by atoms with van der Waals surface area (Å²) in [5, 5.41) is 8.93. The highest BCUT2D eigenvalue weighted by atomic mass is 16.2. The summed E-state index contributed by atoms with van der Waals surface area (Å²) < 4.78 is 0. The van der Waals surface area contributed by atoms with Crippen molar-refractivity contribution in [3.8, 4) is 6.07 Å². The highest BCUT2D eigenvalue weighted by molar-refractivity contribution is 5.83. The lowest BCUT2D eigenvalue weighted by molar-refractivity contribution is -0.135. The van der Waals surface area contributed by atoms with Crippen LogP contribution in [-0.4, -0.2) is 35.7 Å². The van der Waals surface area contributed by atoms with Crippen molar-refractivity contribution in [3.05, 3.63) is 0 Å². The number of aldehydes is 1. The third-order valence-electron chi connectivity index (χ3n) is 3.40. The first-order chi connectivity index (χ1) is 7.94. The first kappa shape index (κ1) is 13.7. The first-order valence-electron chi connectivity index (χ1n) is 5.83. The fraction of sp³-hybridized carbons (Fsp3) is 0.750. The van der Waals surface area contributed by atoms with E-state index in [1.807, 2.05) is 0 Å². The lowest BCUT2D eigenvalue weighted by Gasteiger charge is -2.32. The summed E-state index contributed by atoms with van der Waals surface area (Å²) in [7, 11) is 0. The monoisotopic (exact) mass is 237 g/mol. The summed E-state index contributed by atoms with van der Waals surface area (Å²) in [6.07, 6.45) is 2.57. The van der Waals surface area contributed by atoms with Crippen LogP contribution in [-0.2, 0) is 9.59 Å². The number of carbonyl (C=O) groups is 2. The summed E-state index contributed by atoms with van der Waals surface area (Å²) >= 11 is 0. The standard InChI is InChI=1S/C12H19N3O2/c1-12(2,5-7-16)10(14)11(17)15-6-3-4-9(15)8-13/h7,9-10H,3-6,14H2,1-2H3/t9-,10?/m0/s1. The van der Waals surface area contributed by atoms with Crippen LogP contribution in [0.4, 0.5) is 0 Å². The maximum atomic E-state index is 12.2. The zero-order valence-corrected chi connectivity index (χ0v) is 10.3. The van der Waals surface area contributed by atoms with Crippen LogP contribution in [0.15, 0.2) is 0 Å². The largest absolute Gasteiger partial charge is 0.325 e. The van der Waals surface area contributed by atoms with Crippen molar-refractivity contribution in [1.82, 2.24) is 4.90 Å². The van der Waals surface area contributed by atoms with E-state index in [-0.39, 0.29) is 18.4 Å². The van der Waals surface area contributed by atoms with Gasteiger partial charge in [0.05, 0.1) is 12.1 Å². The van der Waals surface area contributed by atoms with E-state index < -0.39 is 11.5 Å². The zero-order valence-electron chi connectivity index (χ0n) is 10.3. The number of hydrogen-bond acceptors (Lipinski definition) is 4. The van der Waals surface area contributed by atoms with Gasteiger partial charge in [-0.05, 0) is 18.3 Å². The Morgan fingerprint density at radius 2 is 2.35 bits per heavy atom. The van der Waals surface area contributed by atoms with Gasteiger partial charge in [0.1, 0.15) is 12.3 Å². The molecule has 1 aliphatic rings. The smallest absolute Gasteiger partial charge is 0.241 e. The van der Waals surface area contributed by atoms with E-state index in [9.17, 15) is 9.59 Å². The Hall–Kier alpha value is -1.41. The lowest BCUT2D eigenvalue weighted by atomic mass is 9.81. The molecule has 2 atom stereocenters. The third-order valence-corrected chi connectivity index (χ3v) is 3.40. The number of amides is 1. The Morgan fingerprint density at radius 1 is 1.71 bits per heavy atom. The number of nitriles is 1. The number of hydrogen-bond donors (Lipinski definition) is 1. The van der Waals surface area contributed by atoms with Crippen molar-refractivity contribution in [2.75, 3.05) is 6.54 Å². The van der Waals surface area contributed by atoms with Crippen LogP contribution < -0.4 is 5.73 Å². The van der Waals surface area contributed by atoms with Crippen molar-refractivity contribution in [1.29, 1.82) is 5.26 Å². The van der Waals surface area contributed by atoms with Crippen LogP contribution in [0.2, 0.25) is 0 Å². The van der Waals surface area contributed by atoms with Crippen LogP contribution >= 0.6 is 0 Å². The third kappa shape index (κ3) is 2.83. The molecule has 1 heterocycles. The average Bonchev–Trinajstić information content (AvgIpc) is 2.74. The molecule has 0 aromatic rings. The molecule has 0 radical (unpaired) electrons. The molecule has 1 aliphatic heterocycles. The summed E-state index contributed by atoms with van der Waals surface area (Å²) in [4.78, 5) is 24.3. The minimum Gasteiger partial charge on any atom is -0.325 e. The summed E-state index contributed by atoms with van der Waals surface area (Å²) in [5.74, 6) is -0.221. The molecule has 0 aliphatic carbocycles. The van der Waals surface area contributed by atoms with E-state index in [0.717, 1.165) is 12.7 Å². The molecule has 0 aromatic carbocycles. The molecule has 17 heavy (non-hydrogen) atoms. The molecule has 5 heteroatoms. The van der Waals surface area contributed by atoms with Gasteiger partial charge in [0, 0.05) is 13.0 Å². The van der Waals surface area contributed by atoms with Gasteiger partial charge in [0.25, 0.3) is 0 Å². The Balaban J connectivity index is 2.76. The lowest BCUT2D eigenvalue weighted by Crippen LogP contribution is -2.52. The predicted octanol–water partition coefficient (Wildman–Crippen LogP) is 0.443. The van der Waals surface area contributed by atoms with Gasteiger partial charge in [-0.3, -0.25) is 4.79 Å². The van der Waals surface area contributed by atoms with E-state index in [4.69, 9.17) is 11.0 Å². The molecule has 0 spiro atoms. The van der Waals surface area contributed by atoms with Crippen LogP contribution in [0.1, 0.15) is 33.1 Å². The molecular formula is C12H19N3O2. The van der Waals surface area contributed by atoms with Gasteiger partial charge in [0.15, 0.2) is 0 Å². The zero-order chi connectivity index (χ0) is 13.1. The van der Waals surface area contributed by atoms with Crippen molar-refractivity contribution >= 4 is 12.2 Å². The Kier molecular flexibility index (Phi) is 4.24. The second-order valence-electron chi connectivity index (χ2n) is 5.16. The maximum absolute atomic E-state index is 12.2.